The summed E-state index contributed by atoms with van der Waals surface area (Å²) in [4.78, 5) is 0. The van der Waals surface area contributed by atoms with Gasteiger partial charge in [0.05, 0.1) is 6.10 Å². The van der Waals surface area contributed by atoms with E-state index in [1.165, 1.54) is 24.0 Å². The number of ether oxygens (including phenoxy) is 2. The molecule has 0 aliphatic heterocycles. The van der Waals surface area contributed by atoms with Gasteiger partial charge in [0.15, 0.2) is 0 Å². The monoisotopic (exact) mass is 234 g/mol. The lowest BCUT2D eigenvalue weighted by atomic mass is 9.95. The van der Waals surface area contributed by atoms with Gasteiger partial charge in [-0.05, 0) is 56.4 Å². The Morgan fingerprint density at radius 1 is 1.00 bits per heavy atom. The van der Waals surface area contributed by atoms with Crippen LogP contribution in [0.3, 0.4) is 0 Å². The minimum Gasteiger partial charge on any atom is -0.490 e. The van der Waals surface area contributed by atoms with Gasteiger partial charge in [-0.15, -0.1) is 0 Å². The topological polar surface area (TPSA) is 18.5 Å². The Morgan fingerprint density at radius 3 is 2.29 bits per heavy atom. The van der Waals surface area contributed by atoms with Crippen molar-refractivity contribution in [3.8, 4) is 5.75 Å². The molecule has 1 fully saturated rings. The summed E-state index contributed by atoms with van der Waals surface area (Å²) in [6.45, 7) is 4.22. The SMILES string of the molecule is COC1CCCC(Oc2cc(C)cc(C)c2)C1. The van der Waals surface area contributed by atoms with Crippen molar-refractivity contribution in [3.63, 3.8) is 0 Å². The highest BCUT2D eigenvalue weighted by Gasteiger charge is 2.23. The average molecular weight is 234 g/mol. The van der Waals surface area contributed by atoms with Gasteiger partial charge in [0.1, 0.15) is 11.9 Å². The van der Waals surface area contributed by atoms with E-state index in [0.29, 0.717) is 12.2 Å². The van der Waals surface area contributed by atoms with Crippen LogP contribution in [0.1, 0.15) is 36.8 Å². The molecular weight excluding hydrogens is 212 g/mol. The number of hydrogen-bond acceptors (Lipinski definition) is 2. The molecule has 1 aliphatic carbocycles. The predicted molar refractivity (Wildman–Crippen MR) is 69.6 cm³/mol. The van der Waals surface area contributed by atoms with Crippen LogP contribution in [-0.4, -0.2) is 19.3 Å². The van der Waals surface area contributed by atoms with E-state index < -0.39 is 0 Å². The zero-order valence-corrected chi connectivity index (χ0v) is 11.0. The maximum atomic E-state index is 6.07. The van der Waals surface area contributed by atoms with Gasteiger partial charge in [-0.1, -0.05) is 6.07 Å². The molecular formula is C15H22O2. The maximum Gasteiger partial charge on any atom is 0.120 e. The average Bonchev–Trinajstić information content (AvgIpc) is 2.28. The fourth-order valence-corrected chi connectivity index (χ4v) is 2.62. The molecule has 0 heterocycles. The summed E-state index contributed by atoms with van der Waals surface area (Å²) in [6, 6.07) is 6.40. The van der Waals surface area contributed by atoms with Gasteiger partial charge >= 0.3 is 0 Å². The van der Waals surface area contributed by atoms with Crippen molar-refractivity contribution in [3.05, 3.63) is 29.3 Å². The van der Waals surface area contributed by atoms with Crippen LogP contribution in [0.15, 0.2) is 18.2 Å². The molecule has 2 heteroatoms. The number of benzene rings is 1. The summed E-state index contributed by atoms with van der Waals surface area (Å²) in [5.41, 5.74) is 2.53. The summed E-state index contributed by atoms with van der Waals surface area (Å²) in [7, 11) is 1.80. The van der Waals surface area contributed by atoms with Crippen molar-refractivity contribution in [2.24, 2.45) is 0 Å². The van der Waals surface area contributed by atoms with E-state index in [9.17, 15) is 0 Å². The Labute approximate surface area is 104 Å². The quantitative estimate of drug-likeness (QED) is 0.795. The maximum absolute atomic E-state index is 6.07. The summed E-state index contributed by atoms with van der Waals surface area (Å²) in [5.74, 6) is 1.00. The van der Waals surface area contributed by atoms with Crippen molar-refractivity contribution < 1.29 is 9.47 Å². The van der Waals surface area contributed by atoms with E-state index in [-0.39, 0.29) is 0 Å². The van der Waals surface area contributed by atoms with Gasteiger partial charge in [-0.2, -0.15) is 0 Å². The number of methoxy groups -OCH3 is 1. The van der Waals surface area contributed by atoms with Crippen LogP contribution in [0.25, 0.3) is 0 Å². The molecule has 94 valence electrons. The lowest BCUT2D eigenvalue weighted by molar-refractivity contribution is 0.0209. The molecule has 0 amide bonds. The van der Waals surface area contributed by atoms with E-state index in [4.69, 9.17) is 9.47 Å². The fraction of sp³-hybridized carbons (Fsp3) is 0.600. The second-order valence-corrected chi connectivity index (χ2v) is 5.09. The smallest absolute Gasteiger partial charge is 0.120 e. The standard InChI is InChI=1S/C15H22O2/c1-11-7-12(2)9-15(8-11)17-14-6-4-5-13(10-14)16-3/h7-9,13-14H,4-6,10H2,1-3H3. The Bertz CT molecular complexity index is 353. The number of rotatable bonds is 3. The third-order valence-electron chi connectivity index (χ3n) is 3.41. The minimum absolute atomic E-state index is 0.315. The first-order valence-corrected chi connectivity index (χ1v) is 6.45. The Hall–Kier alpha value is -1.02. The van der Waals surface area contributed by atoms with Crippen molar-refractivity contribution in [1.82, 2.24) is 0 Å². The molecule has 1 aromatic rings. The van der Waals surface area contributed by atoms with Crippen LogP contribution in [0, 0.1) is 13.8 Å². The minimum atomic E-state index is 0.315. The normalized spacial score (nSPS) is 24.6. The molecule has 1 saturated carbocycles. The van der Waals surface area contributed by atoms with Gasteiger partial charge in [0.2, 0.25) is 0 Å². The summed E-state index contributed by atoms with van der Waals surface area (Å²) >= 11 is 0. The highest BCUT2D eigenvalue weighted by atomic mass is 16.5. The van der Waals surface area contributed by atoms with E-state index in [1.54, 1.807) is 7.11 Å². The highest BCUT2D eigenvalue weighted by Crippen LogP contribution is 2.26. The van der Waals surface area contributed by atoms with E-state index >= 15 is 0 Å². The van der Waals surface area contributed by atoms with Gasteiger partial charge in [0, 0.05) is 13.5 Å². The molecule has 1 aromatic carbocycles. The van der Waals surface area contributed by atoms with E-state index in [2.05, 4.69) is 32.0 Å². The lowest BCUT2D eigenvalue weighted by Gasteiger charge is -2.28. The van der Waals surface area contributed by atoms with E-state index in [1.807, 2.05) is 0 Å². The van der Waals surface area contributed by atoms with Gasteiger partial charge < -0.3 is 9.47 Å². The molecule has 2 rings (SSSR count). The van der Waals surface area contributed by atoms with Crippen LogP contribution in [0.4, 0.5) is 0 Å². The molecule has 0 bridgehead atoms. The zero-order chi connectivity index (χ0) is 12.3. The largest absolute Gasteiger partial charge is 0.490 e. The molecule has 1 aliphatic rings. The second-order valence-electron chi connectivity index (χ2n) is 5.09. The van der Waals surface area contributed by atoms with Crippen molar-refractivity contribution >= 4 is 0 Å². The molecule has 2 nitrogen and oxygen atoms in total. The first-order valence-electron chi connectivity index (χ1n) is 6.45. The first-order chi connectivity index (χ1) is 8.17. The first kappa shape index (κ1) is 12.4. The molecule has 0 aromatic heterocycles. The third kappa shape index (κ3) is 3.47. The van der Waals surface area contributed by atoms with Crippen molar-refractivity contribution in [2.75, 3.05) is 7.11 Å². The second kappa shape index (κ2) is 5.54. The number of aryl methyl sites for hydroxylation is 2. The van der Waals surface area contributed by atoms with E-state index in [0.717, 1.165) is 18.6 Å². The summed E-state index contributed by atoms with van der Waals surface area (Å²) in [6.07, 6.45) is 5.22. The molecule has 2 atom stereocenters. The highest BCUT2D eigenvalue weighted by molar-refractivity contribution is 5.33. The lowest BCUT2D eigenvalue weighted by Crippen LogP contribution is -2.29. The van der Waals surface area contributed by atoms with Crippen LogP contribution >= 0.6 is 0 Å². The number of hydrogen-bond donors (Lipinski definition) is 0. The molecule has 0 saturated heterocycles. The van der Waals surface area contributed by atoms with Crippen molar-refractivity contribution in [2.45, 2.75) is 51.7 Å². The Balaban J connectivity index is 2.00. The Kier molecular flexibility index (Phi) is 4.06. The molecule has 2 unspecified atom stereocenters. The van der Waals surface area contributed by atoms with Gasteiger partial charge in [-0.3, -0.25) is 0 Å². The summed E-state index contributed by atoms with van der Waals surface area (Å²) < 4.78 is 11.5. The van der Waals surface area contributed by atoms with Crippen molar-refractivity contribution in [1.29, 1.82) is 0 Å². The molecule has 17 heavy (non-hydrogen) atoms. The van der Waals surface area contributed by atoms with Crippen LogP contribution in [-0.2, 0) is 4.74 Å². The van der Waals surface area contributed by atoms with Crippen LogP contribution in [0.2, 0.25) is 0 Å². The predicted octanol–water partition coefficient (Wildman–Crippen LogP) is 3.64. The van der Waals surface area contributed by atoms with Crippen LogP contribution in [0.5, 0.6) is 5.75 Å². The van der Waals surface area contributed by atoms with Gasteiger partial charge in [0.25, 0.3) is 0 Å². The fourth-order valence-electron chi connectivity index (χ4n) is 2.62. The van der Waals surface area contributed by atoms with Gasteiger partial charge in [-0.25, -0.2) is 0 Å². The summed E-state index contributed by atoms with van der Waals surface area (Å²) in [5, 5.41) is 0. The van der Waals surface area contributed by atoms with Crippen LogP contribution < -0.4 is 4.74 Å². The molecule has 0 radical (unpaired) electrons. The third-order valence-corrected chi connectivity index (χ3v) is 3.41. The molecule has 0 spiro atoms. The zero-order valence-electron chi connectivity index (χ0n) is 11.0. The Morgan fingerprint density at radius 2 is 1.65 bits per heavy atom. The molecule has 0 N–H and O–H groups in total.